The maximum absolute atomic E-state index is 13.5. The van der Waals surface area contributed by atoms with Crippen LogP contribution in [0, 0.1) is 13.8 Å². The SMILES string of the molecule is CCOc1cc(/C=C2/SC(=Nc3ccccc3C)N(c3ccccc3C)C2=O)ccc1O. The van der Waals surface area contributed by atoms with Crippen molar-refractivity contribution in [1.82, 2.24) is 0 Å². The van der Waals surface area contributed by atoms with E-state index in [0.29, 0.717) is 22.4 Å². The van der Waals surface area contributed by atoms with Crippen LogP contribution in [0.5, 0.6) is 11.5 Å². The van der Waals surface area contributed by atoms with Crippen LogP contribution in [0.15, 0.2) is 76.6 Å². The number of nitrogens with zero attached hydrogens (tertiary/aromatic N) is 2. The number of phenols is 1. The van der Waals surface area contributed by atoms with E-state index < -0.39 is 0 Å². The fourth-order valence-electron chi connectivity index (χ4n) is 3.41. The van der Waals surface area contributed by atoms with E-state index in [-0.39, 0.29) is 11.7 Å². The van der Waals surface area contributed by atoms with Gasteiger partial charge in [0.05, 0.1) is 22.9 Å². The van der Waals surface area contributed by atoms with Crippen LogP contribution in [0.3, 0.4) is 0 Å². The van der Waals surface area contributed by atoms with Crippen molar-refractivity contribution in [3.8, 4) is 11.5 Å². The molecule has 5 nitrogen and oxygen atoms in total. The molecule has 1 saturated heterocycles. The molecule has 0 spiro atoms. The van der Waals surface area contributed by atoms with Crippen LogP contribution in [0.4, 0.5) is 11.4 Å². The Morgan fingerprint density at radius 1 is 1.03 bits per heavy atom. The maximum Gasteiger partial charge on any atom is 0.271 e. The van der Waals surface area contributed by atoms with Gasteiger partial charge in [-0.25, -0.2) is 4.99 Å². The monoisotopic (exact) mass is 444 g/mol. The van der Waals surface area contributed by atoms with E-state index in [0.717, 1.165) is 28.1 Å². The van der Waals surface area contributed by atoms with Crippen LogP contribution in [0.25, 0.3) is 6.08 Å². The number of hydrogen-bond acceptors (Lipinski definition) is 5. The van der Waals surface area contributed by atoms with E-state index in [1.807, 2.05) is 69.3 Å². The summed E-state index contributed by atoms with van der Waals surface area (Å²) < 4.78 is 5.48. The van der Waals surface area contributed by atoms with Crippen LogP contribution >= 0.6 is 11.8 Å². The van der Waals surface area contributed by atoms with Crippen LogP contribution in [0.1, 0.15) is 23.6 Å². The number of para-hydroxylation sites is 2. The molecular formula is C26H24N2O3S. The Hall–Kier alpha value is -3.51. The lowest BCUT2D eigenvalue weighted by atomic mass is 10.1. The molecule has 0 bridgehead atoms. The van der Waals surface area contributed by atoms with Crippen molar-refractivity contribution in [3.63, 3.8) is 0 Å². The third-order valence-electron chi connectivity index (χ3n) is 5.08. The van der Waals surface area contributed by atoms with Gasteiger partial charge >= 0.3 is 0 Å². The number of ether oxygens (including phenoxy) is 1. The quantitative estimate of drug-likeness (QED) is 0.475. The Bertz CT molecular complexity index is 1230. The van der Waals surface area contributed by atoms with Gasteiger partial charge in [0.2, 0.25) is 0 Å². The molecule has 0 unspecified atom stereocenters. The Balaban J connectivity index is 1.79. The second kappa shape index (κ2) is 9.32. The number of amides is 1. The second-order valence-electron chi connectivity index (χ2n) is 7.38. The summed E-state index contributed by atoms with van der Waals surface area (Å²) in [5.74, 6) is 0.326. The molecule has 1 heterocycles. The Kier molecular flexibility index (Phi) is 6.32. The van der Waals surface area contributed by atoms with E-state index in [1.165, 1.54) is 11.8 Å². The average molecular weight is 445 g/mol. The van der Waals surface area contributed by atoms with E-state index in [4.69, 9.17) is 9.73 Å². The van der Waals surface area contributed by atoms with E-state index in [1.54, 1.807) is 29.2 Å². The summed E-state index contributed by atoms with van der Waals surface area (Å²) >= 11 is 1.34. The highest BCUT2D eigenvalue weighted by Crippen LogP contribution is 2.39. The minimum absolute atomic E-state index is 0.0720. The summed E-state index contributed by atoms with van der Waals surface area (Å²) in [5, 5.41) is 10.6. The molecule has 0 atom stereocenters. The minimum atomic E-state index is -0.136. The van der Waals surface area contributed by atoms with Gasteiger partial charge in [0.15, 0.2) is 16.7 Å². The largest absolute Gasteiger partial charge is 0.504 e. The topological polar surface area (TPSA) is 62.1 Å². The molecule has 3 aromatic carbocycles. The predicted octanol–water partition coefficient (Wildman–Crippen LogP) is 6.22. The smallest absolute Gasteiger partial charge is 0.271 e. The predicted molar refractivity (Wildman–Crippen MR) is 132 cm³/mol. The van der Waals surface area contributed by atoms with Gasteiger partial charge < -0.3 is 9.84 Å². The Labute approximate surface area is 192 Å². The number of benzene rings is 3. The molecule has 1 N–H and O–H groups in total. The molecule has 6 heteroatoms. The summed E-state index contributed by atoms with van der Waals surface area (Å²) in [5.41, 5.74) is 4.43. The second-order valence-corrected chi connectivity index (χ2v) is 8.39. The van der Waals surface area contributed by atoms with Gasteiger partial charge in [0, 0.05) is 0 Å². The van der Waals surface area contributed by atoms with Crippen molar-refractivity contribution in [2.24, 2.45) is 4.99 Å². The van der Waals surface area contributed by atoms with Crippen LogP contribution in [-0.4, -0.2) is 22.8 Å². The first-order valence-electron chi connectivity index (χ1n) is 10.4. The number of aliphatic imine (C=N–C) groups is 1. The minimum Gasteiger partial charge on any atom is -0.504 e. The van der Waals surface area contributed by atoms with Crippen molar-refractivity contribution in [1.29, 1.82) is 0 Å². The Morgan fingerprint density at radius 3 is 2.47 bits per heavy atom. The summed E-state index contributed by atoms with van der Waals surface area (Å²) in [7, 11) is 0. The summed E-state index contributed by atoms with van der Waals surface area (Å²) in [6, 6.07) is 20.7. The molecule has 1 amide bonds. The molecular weight excluding hydrogens is 420 g/mol. The van der Waals surface area contributed by atoms with Crippen molar-refractivity contribution < 1.29 is 14.6 Å². The zero-order valence-electron chi connectivity index (χ0n) is 18.2. The highest BCUT2D eigenvalue weighted by Gasteiger charge is 2.35. The maximum atomic E-state index is 13.5. The number of amidine groups is 1. The van der Waals surface area contributed by atoms with Gasteiger partial charge in [-0.2, -0.15) is 0 Å². The number of thioether (sulfide) groups is 1. The molecule has 32 heavy (non-hydrogen) atoms. The number of rotatable bonds is 5. The van der Waals surface area contributed by atoms with Gasteiger partial charge in [-0.3, -0.25) is 9.69 Å². The van der Waals surface area contributed by atoms with Gasteiger partial charge in [0.25, 0.3) is 5.91 Å². The number of aromatic hydroxyl groups is 1. The van der Waals surface area contributed by atoms with Gasteiger partial charge in [-0.05, 0) is 79.6 Å². The molecule has 0 aliphatic carbocycles. The van der Waals surface area contributed by atoms with Gasteiger partial charge in [0.1, 0.15) is 0 Å². The number of carbonyl (C=O) groups is 1. The molecule has 162 valence electrons. The number of phenolic OH excluding ortho intramolecular Hbond substituents is 1. The number of carbonyl (C=O) groups excluding carboxylic acids is 1. The van der Waals surface area contributed by atoms with Crippen LogP contribution in [0.2, 0.25) is 0 Å². The first-order chi connectivity index (χ1) is 15.5. The molecule has 4 rings (SSSR count). The number of anilines is 1. The normalized spacial score (nSPS) is 16.2. The molecule has 0 aromatic heterocycles. The summed E-state index contributed by atoms with van der Waals surface area (Å²) in [4.78, 5) is 20.6. The molecule has 0 saturated carbocycles. The first-order valence-corrected chi connectivity index (χ1v) is 11.2. The van der Waals surface area contributed by atoms with Crippen molar-refractivity contribution >= 4 is 40.3 Å². The molecule has 1 aliphatic heterocycles. The summed E-state index contributed by atoms with van der Waals surface area (Å²) in [6.07, 6.45) is 1.81. The lowest BCUT2D eigenvalue weighted by Gasteiger charge is -2.18. The van der Waals surface area contributed by atoms with E-state index in [2.05, 4.69) is 0 Å². The van der Waals surface area contributed by atoms with Crippen LogP contribution < -0.4 is 9.64 Å². The van der Waals surface area contributed by atoms with Crippen molar-refractivity contribution in [2.75, 3.05) is 11.5 Å². The fourth-order valence-corrected chi connectivity index (χ4v) is 4.40. The zero-order valence-corrected chi connectivity index (χ0v) is 19.0. The van der Waals surface area contributed by atoms with Crippen molar-refractivity contribution in [3.05, 3.63) is 88.3 Å². The third kappa shape index (κ3) is 4.41. The molecule has 1 aliphatic rings. The zero-order chi connectivity index (χ0) is 22.7. The van der Waals surface area contributed by atoms with E-state index in [9.17, 15) is 9.90 Å². The molecule has 1 fully saturated rings. The van der Waals surface area contributed by atoms with E-state index >= 15 is 0 Å². The lowest BCUT2D eigenvalue weighted by molar-refractivity contribution is -0.113. The highest BCUT2D eigenvalue weighted by atomic mass is 32.2. The fraction of sp³-hybridized carbons (Fsp3) is 0.154. The highest BCUT2D eigenvalue weighted by molar-refractivity contribution is 8.19. The molecule has 3 aromatic rings. The molecule has 0 radical (unpaired) electrons. The first kappa shape index (κ1) is 21.7. The number of aryl methyl sites for hydroxylation is 2. The third-order valence-corrected chi connectivity index (χ3v) is 6.04. The average Bonchev–Trinajstić information content (AvgIpc) is 3.07. The summed E-state index contributed by atoms with van der Waals surface area (Å²) in [6.45, 7) is 6.28. The lowest BCUT2D eigenvalue weighted by Crippen LogP contribution is -2.29. The standard InChI is InChI=1S/C26H24N2O3S/c1-4-31-23-15-19(13-14-22(23)29)16-24-25(30)28(21-12-8-6-10-18(21)3)26(32-24)27-20-11-7-5-9-17(20)2/h5-16,29H,4H2,1-3H3/b24-16+,27-26?. The van der Waals surface area contributed by atoms with Crippen LogP contribution in [-0.2, 0) is 4.79 Å². The van der Waals surface area contributed by atoms with Crippen molar-refractivity contribution in [2.45, 2.75) is 20.8 Å². The number of hydrogen-bond donors (Lipinski definition) is 1. The Morgan fingerprint density at radius 2 is 1.75 bits per heavy atom. The van der Waals surface area contributed by atoms with Gasteiger partial charge in [-0.15, -0.1) is 0 Å². The van der Waals surface area contributed by atoms with Gasteiger partial charge in [-0.1, -0.05) is 42.5 Å².